The van der Waals surface area contributed by atoms with Gasteiger partial charge in [-0.3, -0.25) is 0 Å². The monoisotopic (exact) mass is 512 g/mol. The van der Waals surface area contributed by atoms with E-state index in [2.05, 4.69) is 24.6 Å². The first-order valence-electron chi connectivity index (χ1n) is 11.1. The van der Waals surface area contributed by atoms with Crippen LogP contribution in [0.2, 0.25) is 5.02 Å². The number of aromatic nitrogens is 3. The van der Waals surface area contributed by atoms with Crippen molar-refractivity contribution in [2.45, 2.75) is 73.6 Å². The number of nitrogens with one attached hydrogen (secondary N) is 1. The Balaban J connectivity index is 1.42. The number of pyridine rings is 1. The predicted molar refractivity (Wildman–Crippen MR) is 132 cm³/mol. The molecule has 2 atom stereocenters. The van der Waals surface area contributed by atoms with E-state index in [0.29, 0.717) is 9.92 Å². The van der Waals surface area contributed by atoms with Crippen molar-refractivity contribution in [2.75, 3.05) is 23.7 Å². The van der Waals surface area contributed by atoms with Crippen LogP contribution >= 0.6 is 23.4 Å². The maximum absolute atomic E-state index is 13.6. The van der Waals surface area contributed by atoms with Crippen molar-refractivity contribution in [3.05, 3.63) is 29.4 Å². The number of hydrogen-bond donors (Lipinski definition) is 2. The third kappa shape index (κ3) is 5.28. The number of hydrogen-bond acceptors (Lipinski definition) is 7. The van der Waals surface area contributed by atoms with Gasteiger partial charge in [-0.15, -0.1) is 0 Å². The first-order valence-corrected chi connectivity index (χ1v) is 13.5. The molecule has 1 saturated heterocycles. The maximum Gasteiger partial charge on any atom is 0.232 e. The van der Waals surface area contributed by atoms with Gasteiger partial charge in [-0.25, -0.2) is 23.9 Å². The van der Waals surface area contributed by atoms with E-state index in [-0.39, 0.29) is 27.0 Å². The van der Waals surface area contributed by atoms with Crippen molar-refractivity contribution in [2.24, 2.45) is 5.41 Å². The third-order valence-corrected chi connectivity index (χ3v) is 9.72. The molecule has 7 nitrogen and oxygen atoms in total. The smallest absolute Gasteiger partial charge is 0.232 e. The largest absolute Gasteiger partial charge is 0.381 e. The van der Waals surface area contributed by atoms with Gasteiger partial charge < -0.3 is 10.6 Å². The van der Waals surface area contributed by atoms with Crippen LogP contribution in [0, 0.1) is 11.4 Å². The highest BCUT2D eigenvalue weighted by Crippen LogP contribution is 2.47. The Morgan fingerprint density at radius 1 is 1.30 bits per heavy atom. The molecular weight excluding hydrogens is 483 g/mol. The van der Waals surface area contributed by atoms with Crippen molar-refractivity contribution in [3.63, 3.8) is 0 Å². The molecule has 1 aliphatic carbocycles. The summed E-state index contributed by atoms with van der Waals surface area (Å²) in [6, 6.07) is 1.90. The van der Waals surface area contributed by atoms with Crippen LogP contribution in [0.1, 0.15) is 52.9 Å². The van der Waals surface area contributed by atoms with Crippen molar-refractivity contribution in [1.29, 1.82) is 0 Å². The number of anilines is 2. The average molecular weight is 513 g/mol. The van der Waals surface area contributed by atoms with Gasteiger partial charge in [0.2, 0.25) is 5.95 Å². The molecule has 1 unspecified atom stereocenters. The summed E-state index contributed by atoms with van der Waals surface area (Å²) in [4.78, 5) is 15.3. The fourth-order valence-corrected chi connectivity index (χ4v) is 6.58. The van der Waals surface area contributed by atoms with Gasteiger partial charge in [0.1, 0.15) is 15.9 Å². The SMILES string of the molecule is CC(C)(C)S(=O)N[C@@H]1CCCC12CCN(c1cnc(Sc3ccnc(F)c3Cl)c(N)n1)CC2. The minimum Gasteiger partial charge on any atom is -0.381 e. The van der Waals surface area contributed by atoms with Gasteiger partial charge >= 0.3 is 0 Å². The fourth-order valence-electron chi connectivity index (χ4n) is 4.61. The maximum atomic E-state index is 13.6. The van der Waals surface area contributed by atoms with Crippen molar-refractivity contribution < 1.29 is 8.60 Å². The topological polar surface area (TPSA) is 97.0 Å². The summed E-state index contributed by atoms with van der Waals surface area (Å²) >= 11 is 7.16. The number of nitrogens with zero attached hydrogens (tertiary/aromatic N) is 4. The zero-order chi connectivity index (χ0) is 23.8. The Hall–Kier alpha value is -1.49. The average Bonchev–Trinajstić information content (AvgIpc) is 3.14. The molecule has 33 heavy (non-hydrogen) atoms. The molecule has 2 aliphatic rings. The molecule has 11 heteroatoms. The van der Waals surface area contributed by atoms with Crippen molar-refractivity contribution in [1.82, 2.24) is 19.7 Å². The van der Waals surface area contributed by atoms with E-state index >= 15 is 0 Å². The van der Waals surface area contributed by atoms with E-state index < -0.39 is 16.9 Å². The first-order chi connectivity index (χ1) is 15.6. The molecular formula is C22H30ClFN6OS2. The van der Waals surface area contributed by atoms with Crippen LogP contribution in [-0.2, 0) is 11.0 Å². The highest BCUT2D eigenvalue weighted by molar-refractivity contribution is 7.99. The lowest BCUT2D eigenvalue weighted by molar-refractivity contribution is 0.188. The second-order valence-electron chi connectivity index (χ2n) is 9.73. The van der Waals surface area contributed by atoms with Crippen LogP contribution in [0.5, 0.6) is 0 Å². The molecule has 2 aromatic rings. The summed E-state index contributed by atoms with van der Waals surface area (Å²) in [7, 11) is -1.07. The Bertz CT molecular complexity index is 1040. The Kier molecular flexibility index (Phi) is 7.19. The fraction of sp³-hybridized carbons (Fsp3) is 0.591. The standard InChI is InChI=1S/C22H30ClFN6OS2/c1-21(2,3)33(31)29-15-5-4-7-22(15)8-11-30(12-9-22)16-13-27-20(19(25)28-16)32-14-6-10-26-18(24)17(14)23/h6,10,13,15,29H,4-5,7-9,11-12H2,1-3H3,(H2,25,28)/t15-,33?/m1/s1. The number of rotatable bonds is 5. The Morgan fingerprint density at radius 3 is 2.70 bits per heavy atom. The van der Waals surface area contributed by atoms with E-state index in [1.165, 1.54) is 18.0 Å². The van der Waals surface area contributed by atoms with E-state index in [0.717, 1.165) is 51.0 Å². The van der Waals surface area contributed by atoms with Crippen LogP contribution in [0.25, 0.3) is 0 Å². The minimum absolute atomic E-state index is 0.0544. The normalized spacial score (nSPS) is 21.5. The molecule has 1 spiro atoms. The van der Waals surface area contributed by atoms with Gasteiger partial charge in [0.25, 0.3) is 0 Å². The summed E-state index contributed by atoms with van der Waals surface area (Å²) in [5.41, 5.74) is 6.35. The zero-order valence-electron chi connectivity index (χ0n) is 19.1. The summed E-state index contributed by atoms with van der Waals surface area (Å²) < 4.78 is 29.5. The zero-order valence-corrected chi connectivity index (χ0v) is 21.5. The van der Waals surface area contributed by atoms with Crippen molar-refractivity contribution in [3.8, 4) is 0 Å². The van der Waals surface area contributed by atoms with Crippen LogP contribution in [-0.4, -0.2) is 43.0 Å². The molecule has 4 rings (SSSR count). The van der Waals surface area contributed by atoms with E-state index in [1.54, 1.807) is 12.3 Å². The van der Waals surface area contributed by atoms with Gasteiger partial charge in [0.05, 0.1) is 21.9 Å². The molecule has 0 amide bonds. The second-order valence-corrected chi connectivity index (χ2v) is 13.1. The van der Waals surface area contributed by atoms with Gasteiger partial charge in [-0.1, -0.05) is 29.8 Å². The minimum atomic E-state index is -1.07. The summed E-state index contributed by atoms with van der Waals surface area (Å²) in [6.45, 7) is 7.71. The molecule has 3 heterocycles. The van der Waals surface area contributed by atoms with E-state index in [9.17, 15) is 8.60 Å². The number of halogens is 2. The first kappa shape index (κ1) is 24.6. The van der Waals surface area contributed by atoms with Gasteiger partial charge in [0.15, 0.2) is 5.82 Å². The predicted octanol–water partition coefficient (Wildman–Crippen LogP) is 4.59. The molecule has 2 fully saturated rings. The van der Waals surface area contributed by atoms with E-state index in [4.69, 9.17) is 17.3 Å². The van der Waals surface area contributed by atoms with Gasteiger partial charge in [-0.05, 0) is 57.9 Å². The summed E-state index contributed by atoms with van der Waals surface area (Å²) in [5.74, 6) is 0.296. The second kappa shape index (κ2) is 9.64. The Labute approximate surface area is 206 Å². The quantitative estimate of drug-likeness (QED) is 0.565. The molecule has 3 N–H and O–H groups in total. The van der Waals surface area contributed by atoms with Crippen LogP contribution < -0.4 is 15.4 Å². The van der Waals surface area contributed by atoms with Crippen LogP contribution in [0.15, 0.2) is 28.4 Å². The summed E-state index contributed by atoms with van der Waals surface area (Å²) in [5, 5.41) is 0.422. The van der Waals surface area contributed by atoms with Crippen LogP contribution in [0.3, 0.4) is 0 Å². The highest BCUT2D eigenvalue weighted by atomic mass is 35.5. The molecule has 180 valence electrons. The lowest BCUT2D eigenvalue weighted by atomic mass is 9.74. The highest BCUT2D eigenvalue weighted by Gasteiger charge is 2.46. The number of nitrogens with two attached hydrogens (primary N) is 1. The van der Waals surface area contributed by atoms with Crippen LogP contribution in [0.4, 0.5) is 16.0 Å². The number of piperidine rings is 1. The lowest BCUT2D eigenvalue weighted by Gasteiger charge is -2.44. The lowest BCUT2D eigenvalue weighted by Crippen LogP contribution is -2.51. The molecule has 1 aliphatic heterocycles. The van der Waals surface area contributed by atoms with E-state index in [1.807, 2.05) is 20.8 Å². The molecule has 1 saturated carbocycles. The molecule has 0 radical (unpaired) electrons. The third-order valence-electron chi connectivity index (χ3n) is 6.56. The van der Waals surface area contributed by atoms with Gasteiger partial charge in [0, 0.05) is 30.2 Å². The molecule has 0 bridgehead atoms. The summed E-state index contributed by atoms with van der Waals surface area (Å²) in [6.07, 6.45) is 8.47. The number of nitrogen functional groups attached to an aromatic ring is 1. The molecule has 2 aromatic heterocycles. The Morgan fingerprint density at radius 2 is 2.03 bits per heavy atom. The molecule has 0 aromatic carbocycles. The van der Waals surface area contributed by atoms with Crippen molar-refractivity contribution >= 4 is 46.0 Å². The van der Waals surface area contributed by atoms with Gasteiger partial charge in [-0.2, -0.15) is 4.39 Å².